The number of ether oxygens (including phenoxy) is 1. The minimum absolute atomic E-state index is 0.0225. The predicted octanol–water partition coefficient (Wildman–Crippen LogP) is 2.27. The van der Waals surface area contributed by atoms with Gasteiger partial charge in [-0.25, -0.2) is 4.79 Å². The Labute approximate surface area is 98.3 Å². The molecule has 0 aliphatic carbocycles. The molecule has 0 aliphatic rings. The summed E-state index contributed by atoms with van der Waals surface area (Å²) in [6, 6.07) is 9.62. The van der Waals surface area contributed by atoms with Crippen molar-refractivity contribution >= 4 is 22.8 Å². The highest BCUT2D eigenvalue weighted by molar-refractivity contribution is 8.15. The number of hydrogen-bond acceptors (Lipinski definition) is 5. The molecule has 0 saturated carbocycles. The van der Waals surface area contributed by atoms with E-state index in [9.17, 15) is 4.79 Å². The van der Waals surface area contributed by atoms with Gasteiger partial charge in [0.1, 0.15) is 0 Å². The maximum Gasteiger partial charge on any atom is 0.367 e. The van der Waals surface area contributed by atoms with Crippen molar-refractivity contribution in [2.24, 2.45) is 5.16 Å². The molecule has 0 unspecified atom stereocenters. The molecule has 0 aliphatic heterocycles. The highest BCUT2D eigenvalue weighted by atomic mass is 32.2. The van der Waals surface area contributed by atoms with Crippen LogP contribution in [0.3, 0.4) is 0 Å². The van der Waals surface area contributed by atoms with Crippen molar-refractivity contribution in [3.8, 4) is 0 Å². The van der Waals surface area contributed by atoms with Crippen LogP contribution in [-0.2, 0) is 15.3 Å². The predicted molar refractivity (Wildman–Crippen MR) is 63.6 cm³/mol. The highest BCUT2D eigenvalue weighted by Gasteiger charge is 2.13. The van der Waals surface area contributed by atoms with Gasteiger partial charge in [0.2, 0.25) is 5.04 Å². The molecule has 1 N–H and O–H groups in total. The van der Waals surface area contributed by atoms with Crippen molar-refractivity contribution in [2.75, 3.05) is 6.61 Å². The first-order valence-electron chi connectivity index (χ1n) is 4.83. The largest absolute Gasteiger partial charge is 0.461 e. The summed E-state index contributed by atoms with van der Waals surface area (Å²) >= 11 is 1.15. The van der Waals surface area contributed by atoms with E-state index < -0.39 is 5.97 Å². The fourth-order valence-corrected chi connectivity index (χ4v) is 1.78. The normalized spacial score (nSPS) is 11.2. The zero-order valence-corrected chi connectivity index (χ0v) is 9.74. The van der Waals surface area contributed by atoms with Crippen LogP contribution in [0.5, 0.6) is 0 Å². The second kappa shape index (κ2) is 6.90. The maximum absolute atomic E-state index is 11.3. The van der Waals surface area contributed by atoms with Crippen molar-refractivity contribution in [1.29, 1.82) is 0 Å². The molecule has 0 aromatic heterocycles. The van der Waals surface area contributed by atoms with Crippen LogP contribution in [0.4, 0.5) is 0 Å². The van der Waals surface area contributed by atoms with Crippen molar-refractivity contribution < 1.29 is 14.7 Å². The SMILES string of the molecule is CCOC(=O)/C(=N\O)SCc1ccccc1. The Kier molecular flexibility index (Phi) is 5.42. The number of carbonyl (C=O) groups is 1. The lowest BCUT2D eigenvalue weighted by atomic mass is 10.2. The molecule has 0 radical (unpaired) electrons. The number of thioether (sulfide) groups is 1. The van der Waals surface area contributed by atoms with E-state index in [4.69, 9.17) is 9.94 Å². The van der Waals surface area contributed by atoms with Gasteiger partial charge in [0.15, 0.2) is 0 Å². The van der Waals surface area contributed by atoms with Gasteiger partial charge in [0.05, 0.1) is 6.61 Å². The van der Waals surface area contributed by atoms with Gasteiger partial charge < -0.3 is 9.94 Å². The van der Waals surface area contributed by atoms with Crippen LogP contribution in [0.25, 0.3) is 0 Å². The van der Waals surface area contributed by atoms with Crippen molar-refractivity contribution in [1.82, 2.24) is 0 Å². The van der Waals surface area contributed by atoms with Gasteiger partial charge in [0.25, 0.3) is 0 Å². The summed E-state index contributed by atoms with van der Waals surface area (Å²) in [7, 11) is 0. The van der Waals surface area contributed by atoms with Gasteiger partial charge in [0, 0.05) is 5.75 Å². The maximum atomic E-state index is 11.3. The smallest absolute Gasteiger partial charge is 0.367 e. The summed E-state index contributed by atoms with van der Waals surface area (Å²) < 4.78 is 4.73. The van der Waals surface area contributed by atoms with Crippen LogP contribution in [0.1, 0.15) is 12.5 Å². The number of nitrogens with zero attached hydrogens (tertiary/aromatic N) is 1. The van der Waals surface area contributed by atoms with E-state index in [2.05, 4.69) is 5.16 Å². The van der Waals surface area contributed by atoms with Gasteiger partial charge in [-0.05, 0) is 12.5 Å². The van der Waals surface area contributed by atoms with Crippen LogP contribution < -0.4 is 0 Å². The minimum Gasteiger partial charge on any atom is -0.461 e. The topological polar surface area (TPSA) is 58.9 Å². The summed E-state index contributed by atoms with van der Waals surface area (Å²) in [6.07, 6.45) is 0. The zero-order valence-electron chi connectivity index (χ0n) is 8.92. The number of esters is 1. The molecule has 5 heteroatoms. The Morgan fingerprint density at radius 2 is 2.12 bits per heavy atom. The fraction of sp³-hybridized carbons (Fsp3) is 0.273. The molecule has 1 rings (SSSR count). The molecule has 4 nitrogen and oxygen atoms in total. The lowest BCUT2D eigenvalue weighted by Crippen LogP contribution is -2.14. The Morgan fingerprint density at radius 1 is 1.44 bits per heavy atom. The lowest BCUT2D eigenvalue weighted by molar-refractivity contribution is -0.134. The summed E-state index contributed by atoms with van der Waals surface area (Å²) in [5.74, 6) is -0.0232. The Hall–Kier alpha value is -1.49. The zero-order chi connectivity index (χ0) is 11.8. The molecule has 0 fully saturated rings. The second-order valence-electron chi connectivity index (χ2n) is 2.90. The summed E-state index contributed by atoms with van der Waals surface area (Å²) in [5.41, 5.74) is 1.05. The average Bonchev–Trinajstić information content (AvgIpc) is 2.31. The third-order valence-electron chi connectivity index (χ3n) is 1.76. The van der Waals surface area contributed by atoms with Crippen LogP contribution in [0.2, 0.25) is 0 Å². The number of benzene rings is 1. The van der Waals surface area contributed by atoms with Crippen molar-refractivity contribution in [3.05, 3.63) is 35.9 Å². The van der Waals surface area contributed by atoms with Crippen LogP contribution in [0, 0.1) is 0 Å². The molecule has 16 heavy (non-hydrogen) atoms. The molecule has 0 spiro atoms. The Bertz CT molecular complexity index is 365. The van der Waals surface area contributed by atoms with E-state index in [-0.39, 0.29) is 11.7 Å². The van der Waals surface area contributed by atoms with Gasteiger partial charge in [-0.3, -0.25) is 0 Å². The van der Waals surface area contributed by atoms with Crippen LogP contribution in [-0.4, -0.2) is 22.8 Å². The monoisotopic (exact) mass is 239 g/mol. The van der Waals surface area contributed by atoms with E-state index in [1.165, 1.54) is 0 Å². The number of rotatable bonds is 3. The molecule has 0 atom stereocenters. The summed E-state index contributed by atoms with van der Waals surface area (Å²) in [4.78, 5) is 11.3. The summed E-state index contributed by atoms with van der Waals surface area (Å²) in [6.45, 7) is 1.97. The molecular weight excluding hydrogens is 226 g/mol. The number of carbonyl (C=O) groups excluding carboxylic acids is 1. The first-order chi connectivity index (χ1) is 7.77. The molecule has 1 aromatic carbocycles. The van der Waals surface area contributed by atoms with Crippen molar-refractivity contribution in [3.63, 3.8) is 0 Å². The lowest BCUT2D eigenvalue weighted by Gasteiger charge is -2.03. The molecular formula is C11H13NO3S. The first kappa shape index (κ1) is 12.6. The van der Waals surface area contributed by atoms with Gasteiger partial charge in [-0.1, -0.05) is 47.2 Å². The highest BCUT2D eigenvalue weighted by Crippen LogP contribution is 2.14. The second-order valence-corrected chi connectivity index (χ2v) is 3.86. The number of hydrogen-bond donors (Lipinski definition) is 1. The standard InChI is InChI=1S/C11H13NO3S/c1-2-15-11(13)10(12-14)16-8-9-6-4-3-5-7-9/h3-7,14H,2,8H2,1H3/b12-10+. The van der Waals surface area contributed by atoms with Crippen LogP contribution in [0.15, 0.2) is 35.5 Å². The van der Waals surface area contributed by atoms with E-state index in [1.54, 1.807) is 6.92 Å². The van der Waals surface area contributed by atoms with Crippen LogP contribution >= 0.6 is 11.8 Å². The van der Waals surface area contributed by atoms with E-state index in [0.717, 1.165) is 17.3 Å². The third kappa shape index (κ3) is 3.94. The molecule has 86 valence electrons. The average molecular weight is 239 g/mol. The quantitative estimate of drug-likeness (QED) is 0.289. The Balaban J connectivity index is 2.50. The van der Waals surface area contributed by atoms with E-state index >= 15 is 0 Å². The molecule has 1 aromatic rings. The molecule has 0 heterocycles. The van der Waals surface area contributed by atoms with Gasteiger partial charge >= 0.3 is 5.97 Å². The summed E-state index contributed by atoms with van der Waals surface area (Å²) in [5, 5.41) is 11.6. The van der Waals surface area contributed by atoms with E-state index in [0.29, 0.717) is 5.75 Å². The molecule has 0 saturated heterocycles. The first-order valence-corrected chi connectivity index (χ1v) is 5.82. The fourth-order valence-electron chi connectivity index (χ4n) is 1.05. The minimum atomic E-state index is -0.592. The van der Waals surface area contributed by atoms with Crippen molar-refractivity contribution in [2.45, 2.75) is 12.7 Å². The van der Waals surface area contributed by atoms with Gasteiger partial charge in [-0.2, -0.15) is 0 Å². The van der Waals surface area contributed by atoms with Gasteiger partial charge in [-0.15, -0.1) is 0 Å². The van der Waals surface area contributed by atoms with E-state index in [1.807, 2.05) is 30.3 Å². The Morgan fingerprint density at radius 3 is 2.69 bits per heavy atom. The third-order valence-corrected chi connectivity index (χ3v) is 2.76. The molecule has 0 amide bonds. The molecule has 0 bridgehead atoms. The number of oxime groups is 1.